The van der Waals surface area contributed by atoms with E-state index in [-0.39, 0.29) is 11.8 Å². The largest absolute Gasteiger partial charge is 0.573 e. The summed E-state index contributed by atoms with van der Waals surface area (Å²) in [6, 6.07) is 6.51. The average molecular weight is 583 g/mol. The molecule has 2 heterocycles. The first-order valence-corrected chi connectivity index (χ1v) is 10.6. The van der Waals surface area contributed by atoms with Crippen LogP contribution in [0.15, 0.2) is 30.5 Å². The number of nitrogens with two attached hydrogens (primary N) is 1. The van der Waals surface area contributed by atoms with Crippen LogP contribution in [0, 0.1) is 0 Å². The molecule has 0 unspecified atom stereocenters. The topological polar surface area (TPSA) is 144 Å². The molecule has 0 saturated carbocycles. The second-order valence-corrected chi connectivity index (χ2v) is 7.66. The molecular formula is C20H22F9N5O5. The molecule has 3 rings (SSSR count). The lowest BCUT2D eigenvalue weighted by atomic mass is 10.0. The average Bonchev–Trinajstić information content (AvgIpc) is 3.29. The molecule has 1 aromatic carbocycles. The number of para-hydroxylation sites is 1. The van der Waals surface area contributed by atoms with Crippen LogP contribution in [0.2, 0.25) is 0 Å². The summed E-state index contributed by atoms with van der Waals surface area (Å²) >= 11 is 0. The maximum absolute atomic E-state index is 12.5. The third kappa shape index (κ3) is 12.7. The number of aliphatic carboxylic acids is 2. The zero-order valence-electron chi connectivity index (χ0n) is 19.6. The third-order valence-electron chi connectivity index (χ3n) is 4.78. The van der Waals surface area contributed by atoms with Crippen LogP contribution in [0.4, 0.5) is 39.5 Å². The Morgan fingerprint density at radius 3 is 1.85 bits per heavy atom. The number of hydrogen-bond donors (Lipinski definition) is 3. The first kappa shape index (κ1) is 33.4. The van der Waals surface area contributed by atoms with E-state index in [2.05, 4.69) is 19.9 Å². The highest BCUT2D eigenvalue weighted by Gasteiger charge is 2.39. The number of alkyl halides is 9. The highest BCUT2D eigenvalue weighted by atomic mass is 19.4. The summed E-state index contributed by atoms with van der Waals surface area (Å²) in [4.78, 5) is 19.9. The minimum absolute atomic E-state index is 0.138. The number of carbonyl (C=O) groups is 2. The van der Waals surface area contributed by atoms with E-state index in [0.717, 1.165) is 31.6 Å². The zero-order valence-corrected chi connectivity index (χ0v) is 19.6. The van der Waals surface area contributed by atoms with E-state index < -0.39 is 30.7 Å². The number of carboxylic acid groups (broad SMARTS) is 2. The van der Waals surface area contributed by atoms with Gasteiger partial charge in [-0.1, -0.05) is 23.4 Å². The molecule has 2 aromatic rings. The summed E-state index contributed by atoms with van der Waals surface area (Å²) in [5, 5.41) is 22.3. The Hall–Kier alpha value is -3.61. The third-order valence-corrected chi connectivity index (χ3v) is 4.78. The van der Waals surface area contributed by atoms with E-state index in [4.69, 9.17) is 25.5 Å². The van der Waals surface area contributed by atoms with Gasteiger partial charge in [0.25, 0.3) is 0 Å². The van der Waals surface area contributed by atoms with Gasteiger partial charge in [-0.25, -0.2) is 14.3 Å². The van der Waals surface area contributed by atoms with Gasteiger partial charge in [0.05, 0.1) is 17.9 Å². The van der Waals surface area contributed by atoms with Crippen molar-refractivity contribution in [3.8, 4) is 5.75 Å². The van der Waals surface area contributed by atoms with E-state index in [1.54, 1.807) is 12.1 Å². The number of rotatable bonds is 5. The highest BCUT2D eigenvalue weighted by molar-refractivity contribution is 5.73. The predicted molar refractivity (Wildman–Crippen MR) is 112 cm³/mol. The predicted octanol–water partition coefficient (Wildman–Crippen LogP) is 3.74. The molecule has 1 aromatic heterocycles. The quantitative estimate of drug-likeness (QED) is 0.449. The van der Waals surface area contributed by atoms with Gasteiger partial charge in [0, 0.05) is 31.7 Å². The lowest BCUT2D eigenvalue weighted by Gasteiger charge is -2.32. The summed E-state index contributed by atoms with van der Waals surface area (Å²) in [6.45, 7) is 2.31. The molecule has 0 radical (unpaired) electrons. The van der Waals surface area contributed by atoms with Crippen LogP contribution in [0.5, 0.6) is 5.75 Å². The van der Waals surface area contributed by atoms with Crippen LogP contribution in [-0.2, 0) is 22.7 Å². The van der Waals surface area contributed by atoms with Crippen LogP contribution in [0.25, 0.3) is 0 Å². The molecule has 220 valence electrons. The molecular weight excluding hydrogens is 561 g/mol. The molecule has 1 aliphatic heterocycles. The molecule has 1 saturated heterocycles. The summed E-state index contributed by atoms with van der Waals surface area (Å²) in [5.41, 5.74) is 6.83. The van der Waals surface area contributed by atoms with Crippen molar-refractivity contribution in [1.82, 2.24) is 19.9 Å². The van der Waals surface area contributed by atoms with E-state index in [1.807, 2.05) is 10.9 Å². The fraction of sp³-hybridized carbons (Fsp3) is 0.500. The smallest absolute Gasteiger partial charge is 0.475 e. The molecule has 0 bridgehead atoms. The van der Waals surface area contributed by atoms with Crippen molar-refractivity contribution in [2.45, 2.75) is 50.7 Å². The van der Waals surface area contributed by atoms with Crippen molar-refractivity contribution in [2.75, 3.05) is 13.1 Å². The Kier molecular flexibility index (Phi) is 12.0. The molecule has 0 amide bonds. The minimum atomic E-state index is -5.08. The van der Waals surface area contributed by atoms with Crippen molar-refractivity contribution in [1.29, 1.82) is 0 Å². The van der Waals surface area contributed by atoms with Crippen LogP contribution < -0.4 is 10.5 Å². The van der Waals surface area contributed by atoms with Gasteiger partial charge < -0.3 is 20.7 Å². The number of aromatic nitrogens is 3. The fourth-order valence-electron chi connectivity index (χ4n) is 3.03. The van der Waals surface area contributed by atoms with Gasteiger partial charge in [0.2, 0.25) is 0 Å². The second kappa shape index (κ2) is 14.0. The van der Waals surface area contributed by atoms with Gasteiger partial charge in [-0.2, -0.15) is 26.3 Å². The first-order chi connectivity index (χ1) is 17.8. The van der Waals surface area contributed by atoms with Crippen molar-refractivity contribution in [3.63, 3.8) is 0 Å². The van der Waals surface area contributed by atoms with Crippen molar-refractivity contribution in [3.05, 3.63) is 41.7 Å². The first-order valence-electron chi connectivity index (χ1n) is 10.6. The van der Waals surface area contributed by atoms with Crippen LogP contribution in [0.3, 0.4) is 0 Å². The van der Waals surface area contributed by atoms with Crippen molar-refractivity contribution < 1.29 is 64.1 Å². The second-order valence-electron chi connectivity index (χ2n) is 7.66. The Balaban J connectivity index is 0.000000449. The number of likely N-dealkylation sites (tertiary alicyclic amines) is 1. The molecule has 39 heavy (non-hydrogen) atoms. The minimum Gasteiger partial charge on any atom is -0.475 e. The standard InChI is InChI=1S/C16H20F3N5O.2C2HF3O2/c17-16(18,19)25-15-4-2-1-3-12(15)10-23-7-5-14(6-8-23)24-11-13(9-20)21-22-24;2*3-2(4,5)1(6)7/h1-4,11,14H,5-10,20H2;2*(H,6,7). The van der Waals surface area contributed by atoms with Gasteiger partial charge in [-0.15, -0.1) is 18.3 Å². The molecule has 1 fully saturated rings. The fourth-order valence-corrected chi connectivity index (χ4v) is 3.03. The van der Waals surface area contributed by atoms with E-state index in [9.17, 15) is 39.5 Å². The number of ether oxygens (including phenoxy) is 1. The van der Waals surface area contributed by atoms with E-state index >= 15 is 0 Å². The molecule has 0 aliphatic carbocycles. The van der Waals surface area contributed by atoms with Crippen LogP contribution in [0.1, 0.15) is 30.1 Å². The lowest BCUT2D eigenvalue weighted by Crippen LogP contribution is -2.34. The Labute approximate surface area is 213 Å². The lowest BCUT2D eigenvalue weighted by molar-refractivity contribution is -0.275. The molecule has 19 heteroatoms. The Morgan fingerprint density at radius 2 is 1.44 bits per heavy atom. The number of piperidine rings is 1. The molecule has 0 spiro atoms. The summed E-state index contributed by atoms with van der Waals surface area (Å²) in [6.07, 6.45) is -11.3. The maximum Gasteiger partial charge on any atom is 0.573 e. The SMILES string of the molecule is NCc1cn(C2CCN(Cc3ccccc3OC(F)(F)F)CC2)nn1.O=C(O)C(F)(F)F.O=C(O)C(F)(F)F. The van der Waals surface area contributed by atoms with Gasteiger partial charge in [-0.05, 0) is 18.9 Å². The number of carboxylic acids is 2. The van der Waals surface area contributed by atoms with Crippen LogP contribution >= 0.6 is 0 Å². The van der Waals surface area contributed by atoms with Gasteiger partial charge in [0.1, 0.15) is 5.75 Å². The number of halogens is 9. The van der Waals surface area contributed by atoms with Crippen molar-refractivity contribution >= 4 is 11.9 Å². The van der Waals surface area contributed by atoms with E-state index in [1.165, 1.54) is 12.1 Å². The van der Waals surface area contributed by atoms with Crippen molar-refractivity contribution in [2.24, 2.45) is 5.73 Å². The maximum atomic E-state index is 12.5. The zero-order chi connectivity index (χ0) is 30.0. The highest BCUT2D eigenvalue weighted by Crippen LogP contribution is 2.29. The number of benzene rings is 1. The van der Waals surface area contributed by atoms with Gasteiger partial charge >= 0.3 is 30.7 Å². The summed E-state index contributed by atoms with van der Waals surface area (Å²) < 4.78 is 107. The van der Waals surface area contributed by atoms with Gasteiger partial charge in [0.15, 0.2) is 0 Å². The Bertz CT molecular complexity index is 1040. The normalized spacial score (nSPS) is 14.9. The van der Waals surface area contributed by atoms with Gasteiger partial charge in [-0.3, -0.25) is 4.90 Å². The van der Waals surface area contributed by atoms with E-state index in [0.29, 0.717) is 18.7 Å². The molecule has 4 N–H and O–H groups in total. The molecule has 0 atom stereocenters. The van der Waals surface area contributed by atoms with Crippen LogP contribution in [-0.4, -0.2) is 73.8 Å². The molecule has 1 aliphatic rings. The summed E-state index contributed by atoms with van der Waals surface area (Å²) in [5.74, 6) is -5.65. The number of hydrogen-bond acceptors (Lipinski definition) is 7. The number of nitrogens with zero attached hydrogens (tertiary/aromatic N) is 4. The summed E-state index contributed by atoms with van der Waals surface area (Å²) in [7, 11) is 0. The Morgan fingerprint density at radius 1 is 0.949 bits per heavy atom. The molecule has 10 nitrogen and oxygen atoms in total. The monoisotopic (exact) mass is 583 g/mol.